The van der Waals surface area contributed by atoms with E-state index in [0.717, 1.165) is 24.3 Å². The summed E-state index contributed by atoms with van der Waals surface area (Å²) in [5.41, 5.74) is 8.09. The first-order valence-electron chi connectivity index (χ1n) is 7.00. The molecule has 4 unspecified atom stereocenters. The fourth-order valence-corrected chi connectivity index (χ4v) is 3.09. The number of aryl methyl sites for hydroxylation is 1. The number of benzene rings is 1. The molecule has 0 amide bonds. The van der Waals surface area contributed by atoms with Crippen LogP contribution in [0.2, 0.25) is 0 Å². The van der Waals surface area contributed by atoms with E-state index in [1.165, 1.54) is 6.42 Å². The molecule has 2 heteroatoms. The van der Waals surface area contributed by atoms with E-state index < -0.39 is 0 Å². The Morgan fingerprint density at radius 2 is 1.94 bits per heavy atom. The van der Waals surface area contributed by atoms with Crippen LogP contribution in [-0.2, 0) is 0 Å². The van der Waals surface area contributed by atoms with Crippen LogP contribution in [0.15, 0.2) is 18.2 Å². The first-order valence-corrected chi connectivity index (χ1v) is 7.00. The highest BCUT2D eigenvalue weighted by Crippen LogP contribution is 2.39. The van der Waals surface area contributed by atoms with E-state index in [2.05, 4.69) is 13.8 Å². The zero-order valence-electron chi connectivity index (χ0n) is 11.6. The van der Waals surface area contributed by atoms with Gasteiger partial charge < -0.3 is 5.73 Å². The van der Waals surface area contributed by atoms with Gasteiger partial charge in [0, 0.05) is 11.6 Å². The molecular formula is C16H24FN. The van der Waals surface area contributed by atoms with Crippen molar-refractivity contribution in [3.63, 3.8) is 0 Å². The van der Waals surface area contributed by atoms with Gasteiger partial charge in [-0.25, -0.2) is 4.39 Å². The quantitative estimate of drug-likeness (QED) is 0.835. The van der Waals surface area contributed by atoms with E-state index in [4.69, 9.17) is 5.73 Å². The van der Waals surface area contributed by atoms with Gasteiger partial charge in [0.1, 0.15) is 5.82 Å². The number of hydrogen-bond acceptors (Lipinski definition) is 1. The summed E-state index contributed by atoms with van der Waals surface area (Å²) in [5, 5.41) is 0. The predicted molar refractivity (Wildman–Crippen MR) is 73.7 cm³/mol. The second-order valence-electron chi connectivity index (χ2n) is 6.08. The molecule has 0 bridgehead atoms. The normalized spacial score (nSPS) is 30.2. The van der Waals surface area contributed by atoms with Crippen LogP contribution in [-0.4, -0.2) is 0 Å². The third-order valence-corrected chi connectivity index (χ3v) is 4.66. The molecule has 1 aromatic carbocycles. The van der Waals surface area contributed by atoms with Gasteiger partial charge in [0.15, 0.2) is 0 Å². The van der Waals surface area contributed by atoms with Crippen molar-refractivity contribution in [3.05, 3.63) is 35.1 Å². The molecule has 0 aliphatic heterocycles. The molecule has 1 nitrogen and oxygen atoms in total. The van der Waals surface area contributed by atoms with Crippen molar-refractivity contribution in [2.24, 2.45) is 23.5 Å². The van der Waals surface area contributed by atoms with Crippen molar-refractivity contribution in [2.75, 3.05) is 0 Å². The van der Waals surface area contributed by atoms with Crippen molar-refractivity contribution in [3.8, 4) is 0 Å². The lowest BCUT2D eigenvalue weighted by Crippen LogP contribution is -2.30. The van der Waals surface area contributed by atoms with E-state index in [0.29, 0.717) is 17.4 Å². The van der Waals surface area contributed by atoms with E-state index in [1.807, 2.05) is 13.0 Å². The van der Waals surface area contributed by atoms with Crippen LogP contribution < -0.4 is 5.73 Å². The maximum atomic E-state index is 13.9. The molecule has 18 heavy (non-hydrogen) atoms. The Labute approximate surface area is 110 Å². The number of hydrogen-bond donors (Lipinski definition) is 1. The van der Waals surface area contributed by atoms with Gasteiger partial charge >= 0.3 is 0 Å². The molecule has 1 aliphatic carbocycles. The monoisotopic (exact) mass is 249 g/mol. The average Bonchev–Trinajstić information content (AvgIpc) is 2.35. The highest BCUT2D eigenvalue weighted by Gasteiger charge is 2.30. The molecule has 0 spiro atoms. The maximum absolute atomic E-state index is 13.9. The van der Waals surface area contributed by atoms with Crippen LogP contribution in [0.25, 0.3) is 0 Å². The van der Waals surface area contributed by atoms with Crippen LogP contribution >= 0.6 is 0 Å². The molecule has 2 N–H and O–H groups in total. The van der Waals surface area contributed by atoms with Crippen LogP contribution in [0.5, 0.6) is 0 Å². The standard InChI is InChI=1S/C16H24FN/c1-10-4-7-15(17)14(8-10)16(18)13-6-5-11(2)12(3)9-13/h4,7-8,11-13,16H,5-6,9,18H2,1-3H3. The molecular weight excluding hydrogens is 225 g/mol. The molecule has 1 fully saturated rings. The van der Waals surface area contributed by atoms with E-state index in [1.54, 1.807) is 12.1 Å². The summed E-state index contributed by atoms with van der Waals surface area (Å²) >= 11 is 0. The maximum Gasteiger partial charge on any atom is 0.127 e. The summed E-state index contributed by atoms with van der Waals surface area (Å²) in [4.78, 5) is 0. The van der Waals surface area contributed by atoms with Gasteiger partial charge in [-0.1, -0.05) is 38.0 Å². The van der Waals surface area contributed by atoms with Gasteiger partial charge in [-0.15, -0.1) is 0 Å². The molecule has 4 atom stereocenters. The summed E-state index contributed by atoms with van der Waals surface area (Å²) in [7, 11) is 0. The second kappa shape index (κ2) is 5.40. The number of rotatable bonds is 2. The smallest absolute Gasteiger partial charge is 0.127 e. The SMILES string of the molecule is Cc1ccc(F)c(C(N)C2CCC(C)C(C)C2)c1. The number of halogens is 1. The summed E-state index contributed by atoms with van der Waals surface area (Å²) in [6.07, 6.45) is 3.46. The van der Waals surface area contributed by atoms with Crippen molar-refractivity contribution in [2.45, 2.75) is 46.1 Å². The van der Waals surface area contributed by atoms with E-state index in [9.17, 15) is 4.39 Å². The van der Waals surface area contributed by atoms with Crippen LogP contribution in [0.1, 0.15) is 50.3 Å². The van der Waals surface area contributed by atoms with Crippen LogP contribution in [0.4, 0.5) is 4.39 Å². The molecule has 2 rings (SSSR count). The molecule has 1 aliphatic rings. The van der Waals surface area contributed by atoms with E-state index in [-0.39, 0.29) is 11.9 Å². The molecule has 1 saturated carbocycles. The van der Waals surface area contributed by atoms with Gasteiger partial charge in [-0.2, -0.15) is 0 Å². The highest BCUT2D eigenvalue weighted by molar-refractivity contribution is 5.27. The van der Waals surface area contributed by atoms with E-state index >= 15 is 0 Å². The lowest BCUT2D eigenvalue weighted by atomic mass is 9.72. The van der Waals surface area contributed by atoms with Gasteiger partial charge in [-0.3, -0.25) is 0 Å². The Kier molecular flexibility index (Phi) is 4.06. The third-order valence-electron chi connectivity index (χ3n) is 4.66. The molecule has 100 valence electrons. The van der Waals surface area contributed by atoms with Crippen molar-refractivity contribution in [1.82, 2.24) is 0 Å². The fourth-order valence-electron chi connectivity index (χ4n) is 3.09. The van der Waals surface area contributed by atoms with Crippen molar-refractivity contribution < 1.29 is 4.39 Å². The Hall–Kier alpha value is -0.890. The summed E-state index contributed by atoms with van der Waals surface area (Å²) in [5.74, 6) is 1.74. The fraction of sp³-hybridized carbons (Fsp3) is 0.625. The zero-order chi connectivity index (χ0) is 13.3. The number of nitrogens with two attached hydrogens (primary N) is 1. The minimum atomic E-state index is -0.153. The Bertz CT molecular complexity index is 416. The molecule has 0 heterocycles. The van der Waals surface area contributed by atoms with Crippen molar-refractivity contribution in [1.29, 1.82) is 0 Å². The summed E-state index contributed by atoms with van der Waals surface area (Å²) in [6, 6.07) is 5.10. The zero-order valence-corrected chi connectivity index (χ0v) is 11.6. The third kappa shape index (κ3) is 2.74. The second-order valence-corrected chi connectivity index (χ2v) is 6.08. The first kappa shape index (κ1) is 13.5. The Balaban J connectivity index is 2.16. The molecule has 0 saturated heterocycles. The minimum absolute atomic E-state index is 0.153. The van der Waals surface area contributed by atoms with Gasteiger partial charge in [0.2, 0.25) is 0 Å². The average molecular weight is 249 g/mol. The molecule has 0 radical (unpaired) electrons. The lowest BCUT2D eigenvalue weighted by Gasteiger charge is -2.35. The predicted octanol–water partition coefficient (Wildman–Crippen LogP) is 4.21. The molecule has 0 aromatic heterocycles. The Morgan fingerprint density at radius 1 is 1.22 bits per heavy atom. The first-order chi connectivity index (χ1) is 8.49. The lowest BCUT2D eigenvalue weighted by molar-refractivity contribution is 0.184. The topological polar surface area (TPSA) is 26.0 Å². The molecule has 1 aromatic rings. The minimum Gasteiger partial charge on any atom is -0.324 e. The van der Waals surface area contributed by atoms with Crippen molar-refractivity contribution >= 4 is 0 Å². The van der Waals surface area contributed by atoms with Gasteiger partial charge in [-0.05, 0) is 43.6 Å². The van der Waals surface area contributed by atoms with Gasteiger partial charge in [0.25, 0.3) is 0 Å². The van der Waals surface area contributed by atoms with Crippen LogP contribution in [0.3, 0.4) is 0 Å². The largest absolute Gasteiger partial charge is 0.324 e. The highest BCUT2D eigenvalue weighted by atomic mass is 19.1. The summed E-state index contributed by atoms with van der Waals surface area (Å²) in [6.45, 7) is 6.58. The summed E-state index contributed by atoms with van der Waals surface area (Å²) < 4.78 is 13.9. The van der Waals surface area contributed by atoms with Gasteiger partial charge in [0.05, 0.1) is 0 Å². The van der Waals surface area contributed by atoms with Crippen LogP contribution in [0, 0.1) is 30.5 Å². The Morgan fingerprint density at radius 3 is 2.61 bits per heavy atom.